The van der Waals surface area contributed by atoms with Gasteiger partial charge in [0, 0.05) is 6.42 Å². The molecule has 0 rings (SSSR count). The maximum Gasteiger partial charge on any atom is 0.268 e. The van der Waals surface area contributed by atoms with E-state index >= 15 is 0 Å². The lowest BCUT2D eigenvalue weighted by molar-refractivity contribution is -0.870. The molecule has 0 aromatic carbocycles. The molecule has 0 saturated heterocycles. The third-order valence-electron chi connectivity index (χ3n) is 13.3. The van der Waals surface area contributed by atoms with E-state index in [9.17, 15) is 19.4 Å². The van der Waals surface area contributed by atoms with E-state index in [4.69, 9.17) is 9.05 Å². The molecule has 3 atom stereocenters. The molecule has 9 heteroatoms. The minimum Gasteiger partial charge on any atom is -0.756 e. The van der Waals surface area contributed by atoms with Crippen LogP contribution in [0, 0.1) is 0 Å². The van der Waals surface area contributed by atoms with Gasteiger partial charge in [0.2, 0.25) is 5.91 Å². The molecule has 3 unspecified atom stereocenters. The molecule has 0 aliphatic rings. The zero-order chi connectivity index (χ0) is 54.2. The molecule has 0 fully saturated rings. The van der Waals surface area contributed by atoms with Crippen LogP contribution in [-0.2, 0) is 18.4 Å². The van der Waals surface area contributed by atoms with Gasteiger partial charge in [0.1, 0.15) is 13.2 Å². The SMILES string of the molecule is CC/C=C\C/C=C\C/C=C\C/C=C\C/C=C\C/C=C\CCCCC(=O)NC(COP(=O)([O-])OCC[N+](C)(C)C)C(O)/C=C/CC/C=C/CCCCCCCCCCCCCCCCCCCCCCCCCCC. The molecule has 0 bridgehead atoms. The highest BCUT2D eigenvalue weighted by molar-refractivity contribution is 7.45. The van der Waals surface area contributed by atoms with E-state index in [-0.39, 0.29) is 18.9 Å². The van der Waals surface area contributed by atoms with E-state index in [0.29, 0.717) is 17.4 Å². The van der Waals surface area contributed by atoms with E-state index in [1.807, 2.05) is 27.2 Å². The number of nitrogens with one attached hydrogen (secondary N) is 1. The Kier molecular flexibility index (Phi) is 53.3. The fourth-order valence-corrected chi connectivity index (χ4v) is 9.25. The fraction of sp³-hybridized carbons (Fsp3) is 0.738. The fourth-order valence-electron chi connectivity index (χ4n) is 8.53. The van der Waals surface area contributed by atoms with Gasteiger partial charge in [-0.15, -0.1) is 0 Å². The van der Waals surface area contributed by atoms with Gasteiger partial charge in [-0.25, -0.2) is 0 Å². The van der Waals surface area contributed by atoms with Crippen LogP contribution in [0.3, 0.4) is 0 Å². The number of hydrogen-bond donors (Lipinski definition) is 2. The average molecular weight is 1050 g/mol. The summed E-state index contributed by atoms with van der Waals surface area (Å²) < 4.78 is 23.3. The number of aliphatic hydroxyl groups is 1. The summed E-state index contributed by atoms with van der Waals surface area (Å²) >= 11 is 0. The van der Waals surface area contributed by atoms with Crippen LogP contribution >= 0.6 is 7.82 Å². The van der Waals surface area contributed by atoms with Crippen molar-refractivity contribution in [1.82, 2.24) is 5.32 Å². The summed E-state index contributed by atoms with van der Waals surface area (Å²) in [5, 5.41) is 13.9. The Bertz CT molecular complexity index is 1520. The predicted molar refractivity (Wildman–Crippen MR) is 320 cm³/mol. The zero-order valence-electron chi connectivity index (χ0n) is 48.8. The van der Waals surface area contributed by atoms with Crippen molar-refractivity contribution in [1.29, 1.82) is 0 Å². The van der Waals surface area contributed by atoms with Crippen LogP contribution in [-0.4, -0.2) is 68.5 Å². The molecular formula is C65H117N2O6P. The number of likely N-dealkylation sites (N-methyl/N-ethyl adjacent to an activating group) is 1. The first-order valence-electron chi connectivity index (χ1n) is 30.6. The van der Waals surface area contributed by atoms with Crippen molar-refractivity contribution in [3.63, 3.8) is 0 Å². The summed E-state index contributed by atoms with van der Waals surface area (Å²) in [6.45, 7) is 4.49. The number of nitrogens with zero attached hydrogens (tertiary/aromatic N) is 1. The Labute approximate surface area is 458 Å². The molecule has 428 valence electrons. The second-order valence-corrected chi connectivity index (χ2v) is 23.1. The van der Waals surface area contributed by atoms with Gasteiger partial charge in [0.05, 0.1) is 39.9 Å². The second-order valence-electron chi connectivity index (χ2n) is 21.7. The monoisotopic (exact) mass is 1050 g/mol. The minimum atomic E-state index is -4.63. The number of quaternary nitrogens is 1. The summed E-state index contributed by atoms with van der Waals surface area (Å²) in [7, 11) is 1.20. The molecule has 8 nitrogen and oxygen atoms in total. The number of hydrogen-bond acceptors (Lipinski definition) is 6. The maximum absolute atomic E-state index is 12.9. The van der Waals surface area contributed by atoms with Crippen molar-refractivity contribution in [2.75, 3.05) is 40.9 Å². The summed E-state index contributed by atoms with van der Waals surface area (Å²) in [5.74, 6) is -0.251. The Morgan fingerprint density at radius 2 is 0.838 bits per heavy atom. The van der Waals surface area contributed by atoms with Crippen LogP contribution in [0.4, 0.5) is 0 Å². The van der Waals surface area contributed by atoms with Gasteiger partial charge in [-0.2, -0.15) is 0 Å². The molecule has 0 heterocycles. The topological polar surface area (TPSA) is 108 Å². The van der Waals surface area contributed by atoms with E-state index in [2.05, 4.69) is 104 Å². The van der Waals surface area contributed by atoms with Crippen LogP contribution in [0.2, 0.25) is 0 Å². The van der Waals surface area contributed by atoms with Gasteiger partial charge in [-0.3, -0.25) is 9.36 Å². The molecule has 74 heavy (non-hydrogen) atoms. The Morgan fingerprint density at radius 1 is 0.486 bits per heavy atom. The molecule has 0 aliphatic heterocycles. The molecular weight excluding hydrogens is 936 g/mol. The normalized spacial score (nSPS) is 14.5. The highest BCUT2D eigenvalue weighted by Gasteiger charge is 2.23. The second kappa shape index (κ2) is 55.2. The molecule has 0 saturated carbocycles. The summed E-state index contributed by atoms with van der Waals surface area (Å²) in [5.41, 5.74) is 0. The highest BCUT2D eigenvalue weighted by Crippen LogP contribution is 2.38. The summed E-state index contributed by atoms with van der Waals surface area (Å²) in [4.78, 5) is 25.5. The van der Waals surface area contributed by atoms with Gasteiger partial charge < -0.3 is 28.8 Å². The number of carbonyl (C=O) groups excluding carboxylic acids is 1. The quantitative estimate of drug-likeness (QED) is 0.0272. The number of unbranched alkanes of at least 4 members (excludes halogenated alkanes) is 28. The minimum absolute atomic E-state index is 0.0201. The third-order valence-corrected chi connectivity index (χ3v) is 14.2. The predicted octanol–water partition coefficient (Wildman–Crippen LogP) is 18.4. The van der Waals surface area contributed by atoms with Gasteiger partial charge in [-0.05, 0) is 83.5 Å². The van der Waals surface area contributed by atoms with Gasteiger partial charge in [0.15, 0.2) is 0 Å². The Balaban J connectivity index is 4.25. The van der Waals surface area contributed by atoms with Gasteiger partial charge >= 0.3 is 0 Å². The van der Waals surface area contributed by atoms with Crippen molar-refractivity contribution in [2.24, 2.45) is 0 Å². The maximum atomic E-state index is 12.9. The Morgan fingerprint density at radius 3 is 1.26 bits per heavy atom. The van der Waals surface area contributed by atoms with Crippen LogP contribution in [0.5, 0.6) is 0 Å². The van der Waals surface area contributed by atoms with Crippen LogP contribution in [0.25, 0.3) is 0 Å². The van der Waals surface area contributed by atoms with E-state index in [1.54, 1.807) is 6.08 Å². The zero-order valence-corrected chi connectivity index (χ0v) is 49.7. The standard InChI is InChI=1S/C65H117N2O6P/c1-6-8-10-12-14-16-18-20-22-24-26-28-29-30-31-32-33-34-35-36-37-39-40-42-44-46-48-50-52-54-56-58-64(68)63(62-73-74(70,71)72-61-60-67(3,4)5)66-65(69)59-57-55-53-51-49-47-45-43-41-38-27-25-23-21-19-17-15-13-11-9-7-2/h9,11,15,17,21,23,27,38,43,45,48-51,56,58,63-64,68H,6-8,10,12-14,16,18-20,22,24-26,28-37,39-42,44,46-47,52-55,57,59-62H2,1-5H3,(H-,66,69,70,71)/b11-9-,17-15-,23-21-,38-27-,45-43-,50-48+,51-49-,58-56+. The number of phosphoric ester groups is 1. The average Bonchev–Trinajstić information content (AvgIpc) is 3.36. The van der Waals surface area contributed by atoms with Crippen LogP contribution < -0.4 is 10.2 Å². The van der Waals surface area contributed by atoms with E-state index in [1.165, 1.54) is 161 Å². The molecule has 0 aromatic heterocycles. The third kappa shape index (κ3) is 57.1. The first kappa shape index (κ1) is 71.4. The van der Waals surface area contributed by atoms with Crippen molar-refractivity contribution in [3.8, 4) is 0 Å². The number of carbonyl (C=O) groups is 1. The van der Waals surface area contributed by atoms with Crippen LogP contribution in [0.1, 0.15) is 258 Å². The largest absolute Gasteiger partial charge is 0.756 e. The lowest BCUT2D eigenvalue weighted by Crippen LogP contribution is -2.45. The molecule has 0 spiro atoms. The molecule has 0 aromatic rings. The number of aliphatic hydroxyl groups excluding tert-OH is 1. The lowest BCUT2D eigenvalue weighted by Gasteiger charge is -2.29. The first-order valence-corrected chi connectivity index (χ1v) is 32.1. The van der Waals surface area contributed by atoms with Crippen molar-refractivity contribution < 1.29 is 32.9 Å². The summed E-state index contributed by atoms with van der Waals surface area (Å²) in [6.07, 6.45) is 79.5. The molecule has 1 amide bonds. The van der Waals surface area contributed by atoms with E-state index in [0.717, 1.165) is 70.6 Å². The first-order chi connectivity index (χ1) is 36.0. The molecule has 0 radical (unpaired) electrons. The van der Waals surface area contributed by atoms with Gasteiger partial charge in [0.25, 0.3) is 7.82 Å². The number of phosphoric acid groups is 1. The number of allylic oxidation sites excluding steroid dienone is 15. The Hall–Kier alpha value is -2.58. The van der Waals surface area contributed by atoms with Crippen molar-refractivity contribution in [2.45, 2.75) is 270 Å². The van der Waals surface area contributed by atoms with Crippen molar-refractivity contribution in [3.05, 3.63) is 97.2 Å². The van der Waals surface area contributed by atoms with Crippen molar-refractivity contribution >= 4 is 13.7 Å². The lowest BCUT2D eigenvalue weighted by atomic mass is 10.0. The van der Waals surface area contributed by atoms with Gasteiger partial charge in [-0.1, -0.05) is 265 Å². The molecule has 2 N–H and O–H groups in total. The number of amides is 1. The summed E-state index contributed by atoms with van der Waals surface area (Å²) in [6, 6.07) is -0.935. The highest BCUT2D eigenvalue weighted by atomic mass is 31.2. The van der Waals surface area contributed by atoms with E-state index < -0.39 is 26.6 Å². The number of rotatable bonds is 55. The smallest absolute Gasteiger partial charge is 0.268 e. The van der Waals surface area contributed by atoms with Crippen LogP contribution in [0.15, 0.2) is 97.2 Å². The molecule has 0 aliphatic carbocycles.